The van der Waals surface area contributed by atoms with Crippen LogP contribution in [-0.2, 0) is 23.2 Å². The molecule has 0 aromatic carbocycles. The summed E-state index contributed by atoms with van der Waals surface area (Å²) >= 11 is 6.03. The number of aliphatic hydroxyl groups excluding tert-OH is 1. The minimum absolute atomic E-state index is 0.141. The van der Waals surface area contributed by atoms with Crippen molar-refractivity contribution in [1.29, 1.82) is 0 Å². The second-order valence-electron chi connectivity index (χ2n) is 3.46. The highest BCUT2D eigenvalue weighted by Gasteiger charge is 2.16. The van der Waals surface area contributed by atoms with Gasteiger partial charge in [0.25, 0.3) is 0 Å². The van der Waals surface area contributed by atoms with E-state index in [0.29, 0.717) is 4.88 Å². The Bertz CT molecular complexity index is 632. The number of hydrogen-bond donors (Lipinski definition) is 2. The summed E-state index contributed by atoms with van der Waals surface area (Å²) in [6.45, 7) is 0.126. The fraction of sp³-hybridized carbons (Fsp3) is 0.200. The van der Waals surface area contributed by atoms with Gasteiger partial charge in [0.1, 0.15) is 0 Å². The van der Waals surface area contributed by atoms with Gasteiger partial charge in [-0.2, -0.15) is 0 Å². The van der Waals surface area contributed by atoms with E-state index >= 15 is 0 Å². The van der Waals surface area contributed by atoms with E-state index < -0.39 is 10.0 Å². The van der Waals surface area contributed by atoms with E-state index in [4.69, 9.17) is 5.11 Å². The van der Waals surface area contributed by atoms with Crippen LogP contribution in [0.1, 0.15) is 9.75 Å². The molecule has 8 heteroatoms. The molecule has 2 aromatic heterocycles. The normalized spacial score (nSPS) is 11.9. The molecular formula is C10H10BrNO3S3. The van der Waals surface area contributed by atoms with Crippen LogP contribution < -0.4 is 4.72 Å². The Morgan fingerprint density at radius 2 is 1.94 bits per heavy atom. The number of hydrogen-bond acceptors (Lipinski definition) is 5. The molecule has 0 saturated carbocycles. The molecule has 0 amide bonds. The summed E-state index contributed by atoms with van der Waals surface area (Å²) in [7, 11) is -3.50. The van der Waals surface area contributed by atoms with Gasteiger partial charge in [-0.1, -0.05) is 0 Å². The molecule has 0 fully saturated rings. The van der Waals surface area contributed by atoms with Gasteiger partial charge < -0.3 is 5.11 Å². The highest BCUT2D eigenvalue weighted by molar-refractivity contribution is 9.10. The zero-order valence-electron chi connectivity index (χ0n) is 9.09. The Labute approximate surface area is 121 Å². The molecule has 0 unspecified atom stereocenters. The summed E-state index contributed by atoms with van der Waals surface area (Å²) in [6, 6.07) is 3.36. The Kier molecular flexibility index (Phi) is 4.57. The number of nitrogens with one attached hydrogen (secondary N) is 1. The van der Waals surface area contributed by atoms with Crippen LogP contribution in [0.15, 0.2) is 32.3 Å². The van der Waals surface area contributed by atoms with Crippen molar-refractivity contribution in [2.24, 2.45) is 0 Å². The SMILES string of the molecule is O=S(=O)(NCc1cc(Br)cs1)c1csc(CO)c1. The maximum Gasteiger partial charge on any atom is 0.241 e. The lowest BCUT2D eigenvalue weighted by atomic mass is 10.5. The van der Waals surface area contributed by atoms with Gasteiger partial charge in [-0.3, -0.25) is 0 Å². The standard InChI is InChI=1S/C10H10BrNO3S3/c11-7-1-8(16-5-7)3-12-18(14,15)10-2-9(4-13)17-6-10/h1-2,5-6,12-13H,3-4H2. The molecule has 98 valence electrons. The van der Waals surface area contributed by atoms with E-state index in [1.807, 2.05) is 11.4 Å². The summed E-state index contributed by atoms with van der Waals surface area (Å²) in [6.07, 6.45) is 0. The first-order chi connectivity index (χ1) is 8.51. The smallest absolute Gasteiger partial charge is 0.241 e. The fourth-order valence-corrected chi connectivity index (χ4v) is 4.90. The highest BCUT2D eigenvalue weighted by atomic mass is 79.9. The third kappa shape index (κ3) is 3.40. The van der Waals surface area contributed by atoms with E-state index in [1.165, 1.54) is 34.1 Å². The zero-order chi connectivity index (χ0) is 13.2. The molecule has 0 atom stereocenters. The van der Waals surface area contributed by atoms with Crippen LogP contribution in [0.2, 0.25) is 0 Å². The first-order valence-electron chi connectivity index (χ1n) is 4.92. The maximum absolute atomic E-state index is 11.9. The number of sulfonamides is 1. The van der Waals surface area contributed by atoms with Crippen molar-refractivity contribution in [2.45, 2.75) is 18.0 Å². The van der Waals surface area contributed by atoms with Crippen molar-refractivity contribution in [1.82, 2.24) is 4.72 Å². The molecular weight excluding hydrogens is 358 g/mol. The number of aliphatic hydroxyl groups is 1. The van der Waals surface area contributed by atoms with Crippen LogP contribution in [0.3, 0.4) is 0 Å². The summed E-state index contributed by atoms with van der Waals surface area (Å²) in [5.41, 5.74) is 0. The highest BCUT2D eigenvalue weighted by Crippen LogP contribution is 2.22. The monoisotopic (exact) mass is 367 g/mol. The number of thiophene rings is 2. The van der Waals surface area contributed by atoms with E-state index in [-0.39, 0.29) is 18.0 Å². The fourth-order valence-electron chi connectivity index (χ4n) is 1.28. The predicted molar refractivity (Wildman–Crippen MR) is 76.3 cm³/mol. The van der Waals surface area contributed by atoms with E-state index in [9.17, 15) is 8.42 Å². The summed E-state index contributed by atoms with van der Waals surface area (Å²) in [5.74, 6) is 0. The second-order valence-corrected chi connectivity index (χ2v) is 8.14. The van der Waals surface area contributed by atoms with Crippen molar-refractivity contribution in [3.8, 4) is 0 Å². The molecule has 2 aromatic rings. The lowest BCUT2D eigenvalue weighted by Gasteiger charge is -2.02. The number of halogens is 1. The second kappa shape index (κ2) is 5.81. The van der Waals surface area contributed by atoms with Crippen LogP contribution in [0.5, 0.6) is 0 Å². The summed E-state index contributed by atoms with van der Waals surface area (Å²) in [4.78, 5) is 1.77. The topological polar surface area (TPSA) is 66.4 Å². The van der Waals surface area contributed by atoms with Gasteiger partial charge in [-0.15, -0.1) is 22.7 Å². The molecule has 4 nitrogen and oxygen atoms in total. The van der Waals surface area contributed by atoms with Crippen molar-refractivity contribution in [3.63, 3.8) is 0 Å². The largest absolute Gasteiger partial charge is 0.391 e. The van der Waals surface area contributed by atoms with Crippen molar-refractivity contribution < 1.29 is 13.5 Å². The Hall–Kier alpha value is -0.250. The minimum Gasteiger partial charge on any atom is -0.391 e. The summed E-state index contributed by atoms with van der Waals surface area (Å²) in [5, 5.41) is 12.3. The molecule has 0 radical (unpaired) electrons. The van der Waals surface area contributed by atoms with Crippen LogP contribution in [0, 0.1) is 0 Å². The van der Waals surface area contributed by atoms with Gasteiger partial charge in [0.05, 0.1) is 11.5 Å². The van der Waals surface area contributed by atoms with Crippen molar-refractivity contribution in [3.05, 3.63) is 37.1 Å². The molecule has 2 heterocycles. The van der Waals surface area contributed by atoms with E-state index in [1.54, 1.807) is 0 Å². The number of rotatable bonds is 5. The molecule has 18 heavy (non-hydrogen) atoms. The molecule has 0 aliphatic rings. The average molecular weight is 368 g/mol. The van der Waals surface area contributed by atoms with Crippen LogP contribution in [0.25, 0.3) is 0 Å². The van der Waals surface area contributed by atoms with E-state index in [0.717, 1.165) is 9.35 Å². The first-order valence-corrected chi connectivity index (χ1v) is 8.95. The zero-order valence-corrected chi connectivity index (χ0v) is 13.1. The minimum atomic E-state index is -3.50. The van der Waals surface area contributed by atoms with E-state index in [2.05, 4.69) is 20.7 Å². The van der Waals surface area contributed by atoms with Crippen molar-refractivity contribution in [2.75, 3.05) is 0 Å². The predicted octanol–water partition coefficient (Wildman–Crippen LogP) is 2.54. The van der Waals surface area contributed by atoms with Gasteiger partial charge in [0, 0.05) is 31.5 Å². The van der Waals surface area contributed by atoms with Crippen LogP contribution in [-0.4, -0.2) is 13.5 Å². The Morgan fingerprint density at radius 1 is 1.22 bits per heavy atom. The lowest BCUT2D eigenvalue weighted by molar-refractivity contribution is 0.285. The van der Waals surface area contributed by atoms with Gasteiger partial charge >= 0.3 is 0 Å². The van der Waals surface area contributed by atoms with Crippen molar-refractivity contribution >= 4 is 48.6 Å². The molecule has 0 spiro atoms. The van der Waals surface area contributed by atoms with Gasteiger partial charge in [0.15, 0.2) is 0 Å². The quantitative estimate of drug-likeness (QED) is 0.853. The third-order valence-corrected chi connectivity index (χ3v) is 6.30. The molecule has 0 bridgehead atoms. The van der Waals surface area contributed by atoms with Crippen LogP contribution >= 0.6 is 38.6 Å². The first kappa shape index (κ1) is 14.2. The maximum atomic E-state index is 11.9. The molecule has 2 N–H and O–H groups in total. The molecule has 0 saturated heterocycles. The molecule has 0 aliphatic heterocycles. The Morgan fingerprint density at radius 3 is 2.50 bits per heavy atom. The van der Waals surface area contributed by atoms with Gasteiger partial charge in [-0.25, -0.2) is 13.1 Å². The van der Waals surface area contributed by atoms with Gasteiger partial charge in [0.2, 0.25) is 10.0 Å². The van der Waals surface area contributed by atoms with Gasteiger partial charge in [-0.05, 0) is 28.1 Å². The third-order valence-electron chi connectivity index (χ3n) is 2.15. The average Bonchev–Trinajstić information content (AvgIpc) is 2.95. The Balaban J connectivity index is 2.07. The lowest BCUT2D eigenvalue weighted by Crippen LogP contribution is -2.22. The summed E-state index contributed by atoms with van der Waals surface area (Å²) < 4.78 is 27.4. The molecule has 0 aliphatic carbocycles. The van der Waals surface area contributed by atoms with Crippen LogP contribution in [0.4, 0.5) is 0 Å². The molecule has 2 rings (SSSR count).